The summed E-state index contributed by atoms with van der Waals surface area (Å²) in [7, 11) is 0. The number of hydrogen-bond acceptors (Lipinski definition) is 6. The molecule has 1 aromatic carbocycles. The summed E-state index contributed by atoms with van der Waals surface area (Å²) < 4.78 is 10.7. The Kier molecular flexibility index (Phi) is 5.23. The lowest BCUT2D eigenvalue weighted by Crippen LogP contribution is -2.23. The van der Waals surface area contributed by atoms with Crippen LogP contribution in [0.4, 0.5) is 0 Å². The number of hydrogen-bond donors (Lipinski definition) is 1. The molecule has 1 N–H and O–H groups in total. The second-order valence-corrected chi connectivity index (χ2v) is 6.67. The van der Waals surface area contributed by atoms with Gasteiger partial charge >= 0.3 is 0 Å². The molecule has 0 radical (unpaired) electrons. The highest BCUT2D eigenvalue weighted by Crippen LogP contribution is 2.26. The van der Waals surface area contributed by atoms with Crippen LogP contribution in [-0.4, -0.2) is 16.0 Å². The van der Waals surface area contributed by atoms with Crippen LogP contribution in [0.3, 0.4) is 0 Å². The number of benzene rings is 1. The van der Waals surface area contributed by atoms with Crippen LogP contribution in [0, 0.1) is 20.8 Å². The smallest absolute Gasteiger partial charge is 0.252 e. The molecule has 130 valence electrons. The largest absolute Gasteiger partial charge is 0.444 e. The Hall–Kier alpha value is -2.54. The zero-order chi connectivity index (χ0) is 17.8. The molecule has 0 aliphatic rings. The summed E-state index contributed by atoms with van der Waals surface area (Å²) in [5.41, 5.74) is 2.30. The van der Waals surface area contributed by atoms with Crippen LogP contribution in [0.1, 0.15) is 39.2 Å². The maximum Gasteiger partial charge on any atom is 0.252 e. The Morgan fingerprint density at radius 1 is 1.24 bits per heavy atom. The second-order valence-electron chi connectivity index (χ2n) is 5.65. The third-order valence-electron chi connectivity index (χ3n) is 3.65. The predicted molar refractivity (Wildman–Crippen MR) is 94.4 cm³/mol. The third kappa shape index (κ3) is 4.30. The lowest BCUT2D eigenvalue weighted by molar-refractivity contribution is 0.0944. The van der Waals surface area contributed by atoms with Gasteiger partial charge in [-0.05, 0) is 32.9 Å². The van der Waals surface area contributed by atoms with Crippen LogP contribution < -0.4 is 5.32 Å². The highest BCUT2D eigenvalue weighted by Gasteiger charge is 2.14. The van der Waals surface area contributed by atoms with Gasteiger partial charge in [0.1, 0.15) is 11.5 Å². The summed E-state index contributed by atoms with van der Waals surface area (Å²) in [6.07, 6.45) is 0. The van der Waals surface area contributed by atoms with E-state index < -0.39 is 0 Å². The van der Waals surface area contributed by atoms with Crippen LogP contribution in [0.2, 0.25) is 0 Å². The predicted octanol–water partition coefficient (Wildman–Crippen LogP) is 3.81. The summed E-state index contributed by atoms with van der Waals surface area (Å²) in [4.78, 5) is 17.7. The standard InChI is InChI=1S/C18H19N3O3S/c1-11-8-14(24-21-11)10-25-16-7-5-4-6-15(16)18(22)19-9-17-20-12(2)13(3)23-17/h4-8H,9-10H2,1-3H3,(H,19,22). The maximum absolute atomic E-state index is 12.5. The molecule has 0 unspecified atom stereocenters. The van der Waals surface area contributed by atoms with Crippen molar-refractivity contribution in [3.05, 3.63) is 64.7 Å². The summed E-state index contributed by atoms with van der Waals surface area (Å²) >= 11 is 1.54. The van der Waals surface area contributed by atoms with E-state index in [0.29, 0.717) is 17.2 Å². The zero-order valence-electron chi connectivity index (χ0n) is 14.3. The maximum atomic E-state index is 12.5. The molecule has 0 aliphatic heterocycles. The van der Waals surface area contributed by atoms with E-state index in [4.69, 9.17) is 8.94 Å². The normalized spacial score (nSPS) is 10.8. The van der Waals surface area contributed by atoms with Crippen molar-refractivity contribution in [2.24, 2.45) is 0 Å². The molecule has 3 aromatic rings. The first-order chi connectivity index (χ1) is 12.0. The van der Waals surface area contributed by atoms with Gasteiger partial charge in [-0.25, -0.2) is 4.98 Å². The number of nitrogens with one attached hydrogen (secondary N) is 1. The minimum atomic E-state index is -0.162. The van der Waals surface area contributed by atoms with E-state index >= 15 is 0 Å². The van der Waals surface area contributed by atoms with E-state index in [1.807, 2.05) is 45.0 Å². The topological polar surface area (TPSA) is 81.2 Å². The van der Waals surface area contributed by atoms with E-state index in [0.717, 1.165) is 27.8 Å². The third-order valence-corrected chi connectivity index (χ3v) is 4.75. The van der Waals surface area contributed by atoms with Crippen molar-refractivity contribution < 1.29 is 13.7 Å². The van der Waals surface area contributed by atoms with Crippen molar-refractivity contribution >= 4 is 17.7 Å². The number of nitrogens with zero attached hydrogens (tertiary/aromatic N) is 2. The minimum absolute atomic E-state index is 0.162. The molecule has 0 spiro atoms. The molecule has 0 saturated heterocycles. The van der Waals surface area contributed by atoms with Crippen molar-refractivity contribution in [3.8, 4) is 0 Å². The van der Waals surface area contributed by atoms with E-state index in [9.17, 15) is 4.79 Å². The average Bonchev–Trinajstić information content (AvgIpc) is 3.16. The van der Waals surface area contributed by atoms with E-state index in [1.165, 1.54) is 11.8 Å². The molecule has 0 aliphatic carbocycles. The van der Waals surface area contributed by atoms with Crippen molar-refractivity contribution in [2.45, 2.75) is 38.0 Å². The number of carbonyl (C=O) groups is 1. The van der Waals surface area contributed by atoms with Gasteiger partial charge in [-0.15, -0.1) is 11.8 Å². The first kappa shape index (κ1) is 17.3. The number of thioether (sulfide) groups is 1. The fourth-order valence-corrected chi connectivity index (χ4v) is 3.20. The minimum Gasteiger partial charge on any atom is -0.444 e. The molecule has 2 heterocycles. The second kappa shape index (κ2) is 7.57. The molecule has 3 rings (SSSR count). The first-order valence-corrected chi connectivity index (χ1v) is 8.86. The fourth-order valence-electron chi connectivity index (χ4n) is 2.28. The molecular formula is C18H19N3O3S. The number of rotatable bonds is 6. The highest BCUT2D eigenvalue weighted by atomic mass is 32.2. The Morgan fingerprint density at radius 3 is 2.72 bits per heavy atom. The summed E-state index contributed by atoms with van der Waals surface area (Å²) in [6.45, 7) is 5.87. The number of aromatic nitrogens is 2. The number of oxazole rings is 1. The van der Waals surface area contributed by atoms with E-state index in [2.05, 4.69) is 15.5 Å². The van der Waals surface area contributed by atoms with E-state index in [1.54, 1.807) is 6.07 Å². The molecule has 0 saturated carbocycles. The highest BCUT2D eigenvalue weighted by molar-refractivity contribution is 7.98. The van der Waals surface area contributed by atoms with Crippen molar-refractivity contribution in [2.75, 3.05) is 0 Å². The molecule has 7 heteroatoms. The van der Waals surface area contributed by atoms with Crippen molar-refractivity contribution in [1.29, 1.82) is 0 Å². The number of aryl methyl sites for hydroxylation is 3. The van der Waals surface area contributed by atoms with Gasteiger partial charge in [0, 0.05) is 11.0 Å². The fraction of sp³-hybridized carbons (Fsp3) is 0.278. The Morgan fingerprint density at radius 2 is 2.04 bits per heavy atom. The van der Waals surface area contributed by atoms with Gasteiger partial charge in [-0.3, -0.25) is 4.79 Å². The molecule has 6 nitrogen and oxygen atoms in total. The quantitative estimate of drug-likeness (QED) is 0.676. The monoisotopic (exact) mass is 357 g/mol. The van der Waals surface area contributed by atoms with Gasteiger partial charge in [0.05, 0.1) is 29.2 Å². The van der Waals surface area contributed by atoms with Gasteiger partial charge in [0.15, 0.2) is 0 Å². The van der Waals surface area contributed by atoms with Crippen molar-refractivity contribution in [1.82, 2.24) is 15.5 Å². The SMILES string of the molecule is Cc1cc(CSc2ccccc2C(=O)NCc2nc(C)c(C)o2)on1. The Bertz CT molecular complexity index is 866. The zero-order valence-corrected chi connectivity index (χ0v) is 15.1. The van der Waals surface area contributed by atoms with Gasteiger partial charge in [0.2, 0.25) is 5.89 Å². The van der Waals surface area contributed by atoms with E-state index in [-0.39, 0.29) is 12.5 Å². The molecule has 0 fully saturated rings. The van der Waals surface area contributed by atoms with Crippen LogP contribution in [-0.2, 0) is 12.3 Å². The molecule has 2 aromatic heterocycles. The summed E-state index contributed by atoms with van der Waals surface area (Å²) in [5, 5.41) is 6.73. The molecule has 0 bridgehead atoms. The molecule has 1 amide bonds. The Labute approximate surface area is 150 Å². The van der Waals surface area contributed by atoms with Crippen LogP contribution in [0.5, 0.6) is 0 Å². The number of amides is 1. The summed E-state index contributed by atoms with van der Waals surface area (Å²) in [6, 6.07) is 9.36. The van der Waals surface area contributed by atoms with Gasteiger partial charge < -0.3 is 14.3 Å². The number of carbonyl (C=O) groups excluding carboxylic acids is 1. The molecule has 25 heavy (non-hydrogen) atoms. The Balaban J connectivity index is 1.65. The van der Waals surface area contributed by atoms with Crippen LogP contribution >= 0.6 is 11.8 Å². The average molecular weight is 357 g/mol. The van der Waals surface area contributed by atoms with Gasteiger partial charge in [0.25, 0.3) is 5.91 Å². The van der Waals surface area contributed by atoms with Crippen LogP contribution in [0.15, 0.2) is 44.2 Å². The molecular weight excluding hydrogens is 338 g/mol. The lowest BCUT2D eigenvalue weighted by atomic mass is 10.2. The first-order valence-electron chi connectivity index (χ1n) is 7.88. The molecule has 0 atom stereocenters. The lowest BCUT2D eigenvalue weighted by Gasteiger charge is -2.08. The summed E-state index contributed by atoms with van der Waals surface area (Å²) in [5.74, 6) is 2.51. The van der Waals surface area contributed by atoms with Crippen LogP contribution in [0.25, 0.3) is 0 Å². The van der Waals surface area contributed by atoms with Gasteiger partial charge in [-0.2, -0.15) is 0 Å². The van der Waals surface area contributed by atoms with Gasteiger partial charge in [-0.1, -0.05) is 17.3 Å². The van der Waals surface area contributed by atoms with Crippen molar-refractivity contribution in [3.63, 3.8) is 0 Å².